The zero-order valence-corrected chi connectivity index (χ0v) is 14.6. The summed E-state index contributed by atoms with van der Waals surface area (Å²) in [6.45, 7) is 2.14. The van der Waals surface area contributed by atoms with E-state index in [9.17, 15) is 0 Å². The minimum Gasteiger partial charge on any atom is -0.497 e. The first-order valence-electron chi connectivity index (χ1n) is 7.83. The average molecular weight is 340 g/mol. The molecule has 0 fully saturated rings. The van der Waals surface area contributed by atoms with Crippen LogP contribution in [0.2, 0.25) is 0 Å². The fraction of sp³-hybridized carbons (Fsp3) is 0.222. The van der Waals surface area contributed by atoms with Crippen LogP contribution in [0, 0.1) is 0 Å². The van der Waals surface area contributed by atoms with Crippen LogP contribution < -0.4 is 10.1 Å². The summed E-state index contributed by atoms with van der Waals surface area (Å²) in [4.78, 5) is 1.64. The fourth-order valence-corrected chi connectivity index (χ4v) is 3.19. The Balaban J connectivity index is 1.77. The zero-order chi connectivity index (χ0) is 16.8. The molecule has 3 aromatic rings. The van der Waals surface area contributed by atoms with E-state index < -0.39 is 0 Å². The SMILES string of the molecule is CC/C=C(\Cc1ccc(OC)cc1)Nc1ccsc1-n1nccn1. The molecule has 124 valence electrons. The Hall–Kier alpha value is -2.60. The monoisotopic (exact) mass is 340 g/mol. The Kier molecular flexibility index (Phi) is 5.28. The third-order valence-corrected chi connectivity index (χ3v) is 4.42. The van der Waals surface area contributed by atoms with Crippen LogP contribution in [0.1, 0.15) is 18.9 Å². The molecule has 0 unspecified atom stereocenters. The van der Waals surface area contributed by atoms with Crippen molar-refractivity contribution >= 4 is 17.0 Å². The number of methoxy groups -OCH3 is 1. The van der Waals surface area contributed by atoms with Gasteiger partial charge in [-0.15, -0.1) is 16.1 Å². The van der Waals surface area contributed by atoms with Gasteiger partial charge in [0.2, 0.25) is 0 Å². The van der Waals surface area contributed by atoms with Crippen LogP contribution >= 0.6 is 11.3 Å². The molecule has 0 bridgehead atoms. The number of allylic oxidation sites excluding steroid dienone is 2. The predicted octanol–water partition coefficient (Wildman–Crippen LogP) is 4.29. The Morgan fingerprint density at radius 3 is 2.62 bits per heavy atom. The third kappa shape index (κ3) is 3.83. The normalized spacial score (nSPS) is 11.5. The number of anilines is 1. The van der Waals surface area contributed by atoms with Crippen LogP contribution in [0.5, 0.6) is 5.75 Å². The van der Waals surface area contributed by atoms with E-state index in [0.29, 0.717) is 0 Å². The second-order valence-corrected chi connectivity index (χ2v) is 6.14. The number of aromatic nitrogens is 3. The van der Waals surface area contributed by atoms with Crippen molar-refractivity contribution < 1.29 is 4.74 Å². The highest BCUT2D eigenvalue weighted by molar-refractivity contribution is 7.13. The molecule has 0 aliphatic carbocycles. The maximum absolute atomic E-state index is 5.22. The summed E-state index contributed by atoms with van der Waals surface area (Å²) in [7, 11) is 1.68. The molecule has 5 nitrogen and oxygen atoms in total. The Morgan fingerprint density at radius 1 is 1.21 bits per heavy atom. The number of nitrogens with zero attached hydrogens (tertiary/aromatic N) is 3. The van der Waals surface area contributed by atoms with Gasteiger partial charge in [0.25, 0.3) is 0 Å². The van der Waals surface area contributed by atoms with Crippen molar-refractivity contribution in [1.82, 2.24) is 15.0 Å². The molecular formula is C18H20N4OS. The molecule has 2 aromatic heterocycles. The van der Waals surface area contributed by atoms with Crippen molar-refractivity contribution in [1.29, 1.82) is 0 Å². The number of nitrogens with one attached hydrogen (secondary N) is 1. The second-order valence-electron chi connectivity index (χ2n) is 5.25. The summed E-state index contributed by atoms with van der Waals surface area (Å²) in [5, 5.41) is 15.0. The minimum atomic E-state index is 0.833. The highest BCUT2D eigenvalue weighted by Gasteiger charge is 2.10. The number of hydrogen-bond donors (Lipinski definition) is 1. The maximum atomic E-state index is 5.22. The van der Waals surface area contributed by atoms with Gasteiger partial charge in [-0.05, 0) is 35.6 Å². The van der Waals surface area contributed by atoms with Crippen LogP contribution in [0.25, 0.3) is 5.00 Å². The molecular weight excluding hydrogens is 320 g/mol. The summed E-state index contributed by atoms with van der Waals surface area (Å²) in [5.41, 5.74) is 3.41. The van der Waals surface area contributed by atoms with Crippen LogP contribution in [-0.2, 0) is 6.42 Å². The van der Waals surface area contributed by atoms with Gasteiger partial charge < -0.3 is 10.1 Å². The molecule has 6 heteroatoms. The highest BCUT2D eigenvalue weighted by Crippen LogP contribution is 2.27. The van der Waals surface area contributed by atoms with Crippen LogP contribution in [0.15, 0.2) is 59.9 Å². The van der Waals surface area contributed by atoms with Gasteiger partial charge in [-0.25, -0.2) is 0 Å². The van der Waals surface area contributed by atoms with Crippen molar-refractivity contribution in [2.75, 3.05) is 12.4 Å². The fourth-order valence-electron chi connectivity index (χ4n) is 2.42. The van der Waals surface area contributed by atoms with Crippen molar-refractivity contribution in [2.45, 2.75) is 19.8 Å². The Labute approximate surface area is 145 Å². The van der Waals surface area contributed by atoms with Gasteiger partial charge in [-0.3, -0.25) is 0 Å². The van der Waals surface area contributed by atoms with E-state index in [-0.39, 0.29) is 0 Å². The lowest BCUT2D eigenvalue weighted by Gasteiger charge is -2.12. The molecule has 0 spiro atoms. The van der Waals surface area contributed by atoms with Gasteiger partial charge in [0, 0.05) is 12.1 Å². The van der Waals surface area contributed by atoms with Crippen molar-refractivity contribution in [2.24, 2.45) is 0 Å². The molecule has 0 saturated heterocycles. The van der Waals surface area contributed by atoms with Crippen molar-refractivity contribution in [3.05, 3.63) is 65.4 Å². The quantitative estimate of drug-likeness (QED) is 0.697. The van der Waals surface area contributed by atoms with Gasteiger partial charge >= 0.3 is 0 Å². The van der Waals surface area contributed by atoms with E-state index in [2.05, 4.69) is 46.7 Å². The van der Waals surface area contributed by atoms with Gasteiger partial charge in [0.05, 0.1) is 25.2 Å². The lowest BCUT2D eigenvalue weighted by molar-refractivity contribution is 0.414. The number of ether oxygens (including phenoxy) is 1. The smallest absolute Gasteiger partial charge is 0.162 e. The van der Waals surface area contributed by atoms with Crippen molar-refractivity contribution in [3.63, 3.8) is 0 Å². The average Bonchev–Trinajstić information content (AvgIpc) is 3.27. The Bertz CT molecular complexity index is 791. The minimum absolute atomic E-state index is 0.833. The molecule has 1 N–H and O–H groups in total. The van der Waals surface area contributed by atoms with Crippen molar-refractivity contribution in [3.8, 4) is 10.8 Å². The maximum Gasteiger partial charge on any atom is 0.162 e. The first-order valence-corrected chi connectivity index (χ1v) is 8.71. The molecule has 24 heavy (non-hydrogen) atoms. The van der Waals surface area contributed by atoms with E-state index in [4.69, 9.17) is 4.74 Å². The van der Waals surface area contributed by atoms with Gasteiger partial charge in [0.1, 0.15) is 5.75 Å². The van der Waals surface area contributed by atoms with Gasteiger partial charge in [-0.1, -0.05) is 25.1 Å². The number of hydrogen-bond acceptors (Lipinski definition) is 5. The second kappa shape index (κ2) is 7.79. The molecule has 0 amide bonds. The zero-order valence-electron chi connectivity index (χ0n) is 13.8. The van der Waals surface area contributed by atoms with Gasteiger partial charge in [-0.2, -0.15) is 10.2 Å². The first kappa shape index (κ1) is 16.3. The lowest BCUT2D eigenvalue weighted by Crippen LogP contribution is -2.06. The first-order chi connectivity index (χ1) is 11.8. The third-order valence-electron chi connectivity index (χ3n) is 3.54. The topological polar surface area (TPSA) is 52.0 Å². The summed E-state index contributed by atoms with van der Waals surface area (Å²) in [6.07, 6.45) is 7.38. The summed E-state index contributed by atoms with van der Waals surface area (Å²) in [6, 6.07) is 10.2. The van der Waals surface area contributed by atoms with Crippen LogP contribution in [-0.4, -0.2) is 22.1 Å². The summed E-state index contributed by atoms with van der Waals surface area (Å²) in [5.74, 6) is 0.873. The highest BCUT2D eigenvalue weighted by atomic mass is 32.1. The van der Waals surface area contributed by atoms with E-state index in [1.54, 1.807) is 35.6 Å². The predicted molar refractivity (Wildman–Crippen MR) is 97.9 cm³/mol. The van der Waals surface area contributed by atoms with E-state index in [1.165, 1.54) is 5.56 Å². The molecule has 0 saturated carbocycles. The summed E-state index contributed by atoms with van der Waals surface area (Å²) < 4.78 is 5.22. The largest absolute Gasteiger partial charge is 0.497 e. The van der Waals surface area contributed by atoms with Gasteiger partial charge in [0.15, 0.2) is 5.00 Å². The van der Waals surface area contributed by atoms with Crippen LogP contribution in [0.4, 0.5) is 5.69 Å². The molecule has 0 atom stereocenters. The molecule has 0 radical (unpaired) electrons. The molecule has 1 aromatic carbocycles. The van der Waals surface area contributed by atoms with Crippen LogP contribution in [0.3, 0.4) is 0 Å². The number of thiophene rings is 1. The Morgan fingerprint density at radius 2 is 1.96 bits per heavy atom. The molecule has 0 aliphatic heterocycles. The number of benzene rings is 1. The van der Waals surface area contributed by atoms with E-state index in [1.807, 2.05) is 17.5 Å². The standard InChI is InChI=1S/C18H20N4OS/c1-3-4-15(13-14-5-7-16(23-2)8-6-14)21-17-9-12-24-18(17)22-19-10-11-20-22/h4-12,21H,3,13H2,1-2H3/b15-4+. The lowest BCUT2D eigenvalue weighted by atomic mass is 10.1. The number of rotatable bonds is 7. The summed E-state index contributed by atoms with van der Waals surface area (Å²) >= 11 is 1.61. The van der Waals surface area contributed by atoms with E-state index in [0.717, 1.165) is 35.0 Å². The van der Waals surface area contributed by atoms with E-state index >= 15 is 0 Å². The molecule has 2 heterocycles. The molecule has 3 rings (SSSR count). The molecule has 0 aliphatic rings.